The second kappa shape index (κ2) is 19.2. The molecule has 0 aliphatic carbocycles. The molecule has 1 aromatic heterocycles. The minimum absolute atomic E-state index is 0.133. The number of hydrogen-bond donors (Lipinski definition) is 0. The molecule has 3 aromatic carbocycles. The van der Waals surface area contributed by atoms with Crippen molar-refractivity contribution in [3.63, 3.8) is 0 Å². The number of unbranched alkanes of at least 4 members (excludes halogenated alkanes) is 7. The van der Waals surface area contributed by atoms with Crippen molar-refractivity contribution in [2.45, 2.75) is 90.7 Å². The van der Waals surface area contributed by atoms with Gasteiger partial charge >= 0.3 is 12.2 Å². The summed E-state index contributed by atoms with van der Waals surface area (Å²) < 4.78 is 14.2. The van der Waals surface area contributed by atoms with Crippen LogP contribution in [0.1, 0.15) is 111 Å². The molecule has 1 atom stereocenters. The molecule has 0 N–H and O–H groups in total. The van der Waals surface area contributed by atoms with E-state index in [1.165, 1.54) is 56.9 Å². The van der Waals surface area contributed by atoms with E-state index in [9.17, 15) is 4.79 Å². The molecule has 0 amide bonds. The van der Waals surface area contributed by atoms with E-state index < -0.39 is 5.97 Å². The molecule has 0 spiro atoms. The monoisotopic (exact) mass is 631 g/mol. The summed E-state index contributed by atoms with van der Waals surface area (Å²) in [5.41, 5.74) is 4.82. The van der Waals surface area contributed by atoms with Gasteiger partial charge in [-0.3, -0.25) is 0 Å². The van der Waals surface area contributed by atoms with Crippen molar-refractivity contribution < 1.29 is 18.8 Å². The molecular weight excluding hydrogens is 580 g/mol. The van der Waals surface area contributed by atoms with Crippen molar-refractivity contribution >= 4 is 11.7 Å². The Balaban J connectivity index is 1.32. The zero-order chi connectivity index (χ0) is 33.3. The second-order valence-corrected chi connectivity index (χ2v) is 12.4. The van der Waals surface area contributed by atoms with Gasteiger partial charge in [-0.1, -0.05) is 82.8 Å². The van der Waals surface area contributed by atoms with Gasteiger partial charge < -0.3 is 14.4 Å². The maximum absolute atomic E-state index is 12.9. The highest BCUT2D eigenvalue weighted by molar-refractivity contribution is 5.91. The zero-order valence-electron chi connectivity index (χ0n) is 28.7. The van der Waals surface area contributed by atoms with Crippen molar-refractivity contribution in [1.82, 2.24) is 0 Å². The third-order valence-electron chi connectivity index (χ3n) is 8.29. The molecule has 5 heteroatoms. The highest BCUT2D eigenvalue weighted by Crippen LogP contribution is 2.22. The van der Waals surface area contributed by atoms with Gasteiger partial charge in [0.05, 0.1) is 5.56 Å². The minimum atomic E-state index is -0.410. The third kappa shape index (κ3) is 12.0. The smallest absolute Gasteiger partial charge is 0.343 e. The van der Waals surface area contributed by atoms with Crippen LogP contribution in [0.4, 0.5) is 5.69 Å². The summed E-state index contributed by atoms with van der Waals surface area (Å²) in [5, 5.41) is 0. The van der Waals surface area contributed by atoms with Crippen LogP contribution < -0.4 is 18.9 Å². The molecule has 0 aliphatic rings. The maximum Gasteiger partial charge on any atom is 0.343 e. The fourth-order valence-corrected chi connectivity index (χ4v) is 5.37. The number of carbonyl (C=O) groups is 1. The van der Waals surface area contributed by atoms with Gasteiger partial charge in [0.2, 0.25) is 0 Å². The Labute approximate surface area is 282 Å². The number of carbonyl (C=O) groups excluding carboxylic acids is 1. The van der Waals surface area contributed by atoms with Gasteiger partial charge in [0.1, 0.15) is 11.5 Å². The quantitative estimate of drug-likeness (QED) is 0.0383. The molecule has 1 unspecified atom stereocenters. The topological polar surface area (TPSA) is 42.7 Å². The second-order valence-electron chi connectivity index (χ2n) is 12.4. The van der Waals surface area contributed by atoms with Crippen LogP contribution in [0.25, 0.3) is 0 Å². The molecule has 0 bridgehead atoms. The Kier molecular flexibility index (Phi) is 14.4. The van der Waals surface area contributed by atoms with Crippen molar-refractivity contribution in [2.24, 2.45) is 0 Å². The molecule has 0 saturated carbocycles. The lowest BCUT2D eigenvalue weighted by atomic mass is 10.1. The predicted octanol–water partition coefficient (Wildman–Crippen LogP) is 9.72. The molecule has 246 valence electrons. The van der Waals surface area contributed by atoms with E-state index in [2.05, 4.69) is 83.9 Å². The Morgan fingerprint density at radius 1 is 0.681 bits per heavy atom. The van der Waals surface area contributed by atoms with Crippen LogP contribution in [0, 0.1) is 11.8 Å². The van der Waals surface area contributed by atoms with Crippen molar-refractivity contribution in [3.05, 3.63) is 120 Å². The van der Waals surface area contributed by atoms with Crippen LogP contribution >= 0.6 is 0 Å². The van der Waals surface area contributed by atoms with Crippen LogP contribution in [0.2, 0.25) is 0 Å². The summed E-state index contributed by atoms with van der Waals surface area (Å²) >= 11 is 0. The lowest BCUT2D eigenvalue weighted by Crippen LogP contribution is -2.42. The number of ether oxygens (including phenoxy) is 2. The third-order valence-corrected chi connectivity index (χ3v) is 8.29. The largest absolute Gasteiger partial charge is 0.434 e. The van der Waals surface area contributed by atoms with Crippen molar-refractivity contribution in [1.29, 1.82) is 0 Å². The normalized spacial score (nSPS) is 11.3. The molecular formula is C42H51N2O3+. The molecule has 0 fully saturated rings. The fourth-order valence-electron chi connectivity index (χ4n) is 5.37. The van der Waals surface area contributed by atoms with Gasteiger partial charge in [0, 0.05) is 49.5 Å². The fraction of sp³-hybridized carbons (Fsp3) is 0.381. The molecule has 5 nitrogen and oxygen atoms in total. The summed E-state index contributed by atoms with van der Waals surface area (Å²) in [6.45, 7) is 4.47. The number of anilines is 1. The average Bonchev–Trinajstić information content (AvgIpc) is 3.10. The molecule has 0 radical (unpaired) electrons. The van der Waals surface area contributed by atoms with Gasteiger partial charge in [-0.05, 0) is 85.5 Å². The van der Waals surface area contributed by atoms with Gasteiger partial charge in [0.25, 0.3) is 0 Å². The molecule has 4 rings (SSSR count). The molecule has 47 heavy (non-hydrogen) atoms. The standard InChI is InChI=1S/C42H51N2O3/c1-5-7-9-10-11-13-15-41(44-32-30-38(31-33-44)43(3)4)46-39-28-24-37(25-29-39)42(45)47-40-26-22-36(23-27-40)21-20-35-18-16-34(17-19-35)14-12-8-6-2/h16-19,22-33,41H,5-15H2,1-4H3/q+1. The Hall–Kier alpha value is -4.56. The number of nitrogens with zero attached hydrogens (tertiary/aromatic N) is 2. The van der Waals surface area contributed by atoms with Gasteiger partial charge in [-0.15, -0.1) is 0 Å². The molecule has 1 heterocycles. The average molecular weight is 632 g/mol. The highest BCUT2D eigenvalue weighted by atomic mass is 16.5. The first-order valence-corrected chi connectivity index (χ1v) is 17.3. The SMILES string of the molecule is CCCCCCCCC(Oc1ccc(C(=O)Oc2ccc(C#Cc3ccc(CCCCC)cc3)cc2)cc1)[n+]1ccc(N(C)C)cc1. The van der Waals surface area contributed by atoms with E-state index in [0.29, 0.717) is 11.3 Å². The van der Waals surface area contributed by atoms with Gasteiger partial charge in [0.15, 0.2) is 12.4 Å². The van der Waals surface area contributed by atoms with Crippen molar-refractivity contribution in [2.75, 3.05) is 19.0 Å². The number of aromatic nitrogens is 1. The van der Waals surface area contributed by atoms with E-state index in [1.807, 2.05) is 38.4 Å². The zero-order valence-corrected chi connectivity index (χ0v) is 28.7. The van der Waals surface area contributed by atoms with Crippen LogP contribution in [-0.2, 0) is 6.42 Å². The van der Waals surface area contributed by atoms with E-state index in [4.69, 9.17) is 9.47 Å². The van der Waals surface area contributed by atoms with Gasteiger partial charge in [-0.2, -0.15) is 4.57 Å². The number of benzene rings is 3. The van der Waals surface area contributed by atoms with Crippen LogP contribution in [0.5, 0.6) is 11.5 Å². The van der Waals surface area contributed by atoms with Crippen LogP contribution in [0.3, 0.4) is 0 Å². The first kappa shape index (κ1) is 35.3. The lowest BCUT2D eigenvalue weighted by Gasteiger charge is -2.16. The minimum Gasteiger partial charge on any atom is -0.434 e. The van der Waals surface area contributed by atoms with Crippen molar-refractivity contribution in [3.8, 4) is 23.3 Å². The predicted molar refractivity (Wildman–Crippen MR) is 192 cm³/mol. The summed E-state index contributed by atoms with van der Waals surface area (Å²) in [6.07, 6.45) is 17.2. The van der Waals surface area contributed by atoms with Gasteiger partial charge in [-0.25, -0.2) is 4.79 Å². The van der Waals surface area contributed by atoms with Crippen LogP contribution in [-0.4, -0.2) is 20.1 Å². The Morgan fingerprint density at radius 2 is 1.23 bits per heavy atom. The number of rotatable bonds is 17. The first-order valence-electron chi connectivity index (χ1n) is 17.3. The van der Waals surface area contributed by atoms with Crippen LogP contribution in [0.15, 0.2) is 97.3 Å². The number of esters is 1. The Morgan fingerprint density at radius 3 is 1.85 bits per heavy atom. The number of hydrogen-bond acceptors (Lipinski definition) is 4. The number of aryl methyl sites for hydroxylation is 1. The lowest BCUT2D eigenvalue weighted by molar-refractivity contribution is -0.754. The Bertz CT molecular complexity index is 1550. The molecule has 0 aliphatic heterocycles. The van der Waals surface area contributed by atoms with E-state index in [1.54, 1.807) is 24.3 Å². The maximum atomic E-state index is 12.9. The summed E-state index contributed by atoms with van der Waals surface area (Å²) in [6, 6.07) is 27.2. The molecule has 4 aromatic rings. The number of pyridine rings is 1. The van der Waals surface area contributed by atoms with E-state index in [0.717, 1.165) is 41.8 Å². The first-order chi connectivity index (χ1) is 22.9. The summed E-state index contributed by atoms with van der Waals surface area (Å²) in [5.74, 6) is 7.22. The van der Waals surface area contributed by atoms with E-state index >= 15 is 0 Å². The molecule has 0 saturated heterocycles. The van der Waals surface area contributed by atoms with E-state index in [-0.39, 0.29) is 6.23 Å². The summed E-state index contributed by atoms with van der Waals surface area (Å²) in [7, 11) is 4.08. The summed E-state index contributed by atoms with van der Waals surface area (Å²) in [4.78, 5) is 15.0. The highest BCUT2D eigenvalue weighted by Gasteiger charge is 2.21.